The van der Waals surface area contributed by atoms with Crippen LogP contribution in [0.25, 0.3) is 0 Å². The van der Waals surface area contributed by atoms with E-state index in [-0.39, 0.29) is 30.3 Å². The first-order chi connectivity index (χ1) is 10.1. The molecule has 0 spiro atoms. The van der Waals surface area contributed by atoms with Gasteiger partial charge in [-0.3, -0.25) is 14.5 Å². The summed E-state index contributed by atoms with van der Waals surface area (Å²) in [5, 5.41) is 12.0. The second-order valence-corrected chi connectivity index (χ2v) is 5.55. The second-order valence-electron chi connectivity index (χ2n) is 5.55. The van der Waals surface area contributed by atoms with Gasteiger partial charge in [0.1, 0.15) is 0 Å². The zero-order chi connectivity index (χ0) is 15.2. The molecule has 1 amide bonds. The summed E-state index contributed by atoms with van der Waals surface area (Å²) in [4.78, 5) is 25.2. The Morgan fingerprint density at radius 1 is 1.36 bits per heavy atom. The molecule has 0 aromatic heterocycles. The summed E-state index contributed by atoms with van der Waals surface area (Å²) in [6, 6.07) is 9.45. The van der Waals surface area contributed by atoms with Crippen molar-refractivity contribution in [3.05, 3.63) is 35.9 Å². The van der Waals surface area contributed by atoms with Crippen molar-refractivity contribution in [1.82, 2.24) is 10.2 Å². The third-order valence-corrected chi connectivity index (χ3v) is 4.04. The maximum atomic E-state index is 12.2. The molecule has 2 rings (SSSR count). The molecule has 22 heavy (non-hydrogen) atoms. The Balaban J connectivity index is 0.00000242. The number of likely N-dealkylation sites (tertiary alicyclic amines) is 1. The second kappa shape index (κ2) is 8.76. The molecule has 6 heteroatoms. The average molecular weight is 327 g/mol. The van der Waals surface area contributed by atoms with E-state index in [0.717, 1.165) is 18.5 Å². The van der Waals surface area contributed by atoms with Crippen LogP contribution in [0.4, 0.5) is 0 Å². The van der Waals surface area contributed by atoms with E-state index >= 15 is 0 Å². The number of carbonyl (C=O) groups is 2. The smallest absolute Gasteiger partial charge is 0.307 e. The van der Waals surface area contributed by atoms with Gasteiger partial charge in [-0.05, 0) is 31.9 Å². The molecule has 2 atom stereocenters. The number of piperidine rings is 1. The van der Waals surface area contributed by atoms with Crippen LogP contribution in [0, 0.1) is 5.92 Å². The van der Waals surface area contributed by atoms with Crippen molar-refractivity contribution >= 4 is 24.3 Å². The number of nitrogens with one attached hydrogen (secondary N) is 1. The number of benzene rings is 1. The van der Waals surface area contributed by atoms with Crippen LogP contribution in [0.1, 0.15) is 25.3 Å². The molecule has 0 bridgehead atoms. The molecular formula is C16H23ClN2O3. The molecule has 1 aromatic rings. The van der Waals surface area contributed by atoms with Gasteiger partial charge in [-0.2, -0.15) is 0 Å². The highest BCUT2D eigenvalue weighted by molar-refractivity contribution is 5.85. The van der Waals surface area contributed by atoms with Crippen LogP contribution in [-0.4, -0.2) is 41.0 Å². The summed E-state index contributed by atoms with van der Waals surface area (Å²) in [5.74, 6) is -1.18. The first kappa shape index (κ1) is 18.5. The van der Waals surface area contributed by atoms with Crippen LogP contribution in [-0.2, 0) is 16.1 Å². The summed E-state index contributed by atoms with van der Waals surface area (Å²) in [6.45, 7) is 3.57. The minimum Gasteiger partial charge on any atom is -0.481 e. The van der Waals surface area contributed by atoms with E-state index in [9.17, 15) is 9.59 Å². The van der Waals surface area contributed by atoms with Crippen molar-refractivity contribution < 1.29 is 14.7 Å². The number of carboxylic acids is 1. The Morgan fingerprint density at radius 3 is 2.68 bits per heavy atom. The van der Waals surface area contributed by atoms with Gasteiger partial charge in [-0.15, -0.1) is 12.4 Å². The van der Waals surface area contributed by atoms with Gasteiger partial charge in [0.2, 0.25) is 5.91 Å². The molecule has 1 fully saturated rings. The fourth-order valence-corrected chi connectivity index (χ4v) is 2.66. The molecule has 1 aliphatic rings. The standard InChI is InChI=1S/C16H22N2O3.ClH/c1-12(18-9-5-8-14(11-18)16(20)21)15(19)17-10-13-6-3-2-4-7-13;/h2-4,6-7,12,14H,5,8-11H2,1H3,(H,17,19)(H,20,21);1H. The van der Waals surface area contributed by atoms with Gasteiger partial charge in [-0.1, -0.05) is 30.3 Å². The normalized spacial score (nSPS) is 19.8. The van der Waals surface area contributed by atoms with Crippen LogP contribution in [0.15, 0.2) is 30.3 Å². The summed E-state index contributed by atoms with van der Waals surface area (Å²) >= 11 is 0. The monoisotopic (exact) mass is 326 g/mol. The van der Waals surface area contributed by atoms with E-state index in [1.807, 2.05) is 42.2 Å². The van der Waals surface area contributed by atoms with E-state index in [1.54, 1.807) is 0 Å². The van der Waals surface area contributed by atoms with Gasteiger partial charge in [0, 0.05) is 13.1 Å². The van der Waals surface area contributed by atoms with Gasteiger partial charge in [0.05, 0.1) is 12.0 Å². The lowest BCUT2D eigenvalue weighted by molar-refractivity contribution is -0.145. The maximum Gasteiger partial charge on any atom is 0.307 e. The lowest BCUT2D eigenvalue weighted by atomic mass is 9.97. The zero-order valence-corrected chi connectivity index (χ0v) is 13.5. The van der Waals surface area contributed by atoms with Gasteiger partial charge >= 0.3 is 5.97 Å². The lowest BCUT2D eigenvalue weighted by Crippen LogP contribution is -2.50. The van der Waals surface area contributed by atoms with Crippen molar-refractivity contribution in [1.29, 1.82) is 0 Å². The number of hydrogen-bond acceptors (Lipinski definition) is 3. The van der Waals surface area contributed by atoms with E-state index in [4.69, 9.17) is 5.11 Å². The Hall–Kier alpha value is -1.59. The number of amides is 1. The molecular weight excluding hydrogens is 304 g/mol. The molecule has 1 aliphatic heterocycles. The Labute approximate surface area is 137 Å². The maximum absolute atomic E-state index is 12.2. The highest BCUT2D eigenvalue weighted by Crippen LogP contribution is 2.18. The number of aliphatic carboxylic acids is 1. The van der Waals surface area contributed by atoms with E-state index < -0.39 is 5.97 Å². The first-order valence-electron chi connectivity index (χ1n) is 7.36. The summed E-state index contributed by atoms with van der Waals surface area (Å²) in [6.07, 6.45) is 1.53. The SMILES string of the molecule is CC(C(=O)NCc1ccccc1)N1CCCC(C(=O)O)C1.Cl. The predicted octanol–water partition coefficient (Wildman–Crippen LogP) is 1.91. The molecule has 2 N–H and O–H groups in total. The summed E-state index contributed by atoms with van der Waals surface area (Å²) < 4.78 is 0. The zero-order valence-electron chi connectivity index (χ0n) is 12.7. The molecule has 1 heterocycles. The van der Waals surface area contributed by atoms with Gasteiger partial charge in [0.25, 0.3) is 0 Å². The minimum atomic E-state index is -0.767. The van der Waals surface area contributed by atoms with Crippen LogP contribution in [0.3, 0.4) is 0 Å². The highest BCUT2D eigenvalue weighted by atomic mass is 35.5. The third kappa shape index (κ3) is 5.00. The molecule has 2 unspecified atom stereocenters. The summed E-state index contributed by atoms with van der Waals surface area (Å²) in [5.41, 5.74) is 1.06. The predicted molar refractivity (Wildman–Crippen MR) is 86.9 cm³/mol. The number of hydrogen-bond donors (Lipinski definition) is 2. The van der Waals surface area contributed by atoms with Crippen LogP contribution < -0.4 is 5.32 Å². The number of rotatable bonds is 5. The molecule has 0 saturated carbocycles. The lowest BCUT2D eigenvalue weighted by Gasteiger charge is -2.34. The van der Waals surface area contributed by atoms with Crippen molar-refractivity contribution in [2.75, 3.05) is 13.1 Å². The Morgan fingerprint density at radius 2 is 2.05 bits per heavy atom. The van der Waals surface area contributed by atoms with E-state index in [2.05, 4.69) is 5.32 Å². The quantitative estimate of drug-likeness (QED) is 0.867. The Kier molecular flexibility index (Phi) is 7.35. The van der Waals surface area contributed by atoms with Gasteiger partial charge < -0.3 is 10.4 Å². The Bertz CT molecular complexity index is 495. The van der Waals surface area contributed by atoms with Crippen molar-refractivity contribution in [2.45, 2.75) is 32.4 Å². The third-order valence-electron chi connectivity index (χ3n) is 4.04. The fourth-order valence-electron chi connectivity index (χ4n) is 2.66. The highest BCUT2D eigenvalue weighted by Gasteiger charge is 2.30. The van der Waals surface area contributed by atoms with E-state index in [0.29, 0.717) is 19.5 Å². The molecule has 1 saturated heterocycles. The largest absolute Gasteiger partial charge is 0.481 e. The van der Waals surface area contributed by atoms with Gasteiger partial charge in [0.15, 0.2) is 0 Å². The topological polar surface area (TPSA) is 69.6 Å². The van der Waals surface area contributed by atoms with Gasteiger partial charge in [-0.25, -0.2) is 0 Å². The number of nitrogens with zero attached hydrogens (tertiary/aromatic N) is 1. The molecule has 5 nitrogen and oxygen atoms in total. The van der Waals surface area contributed by atoms with E-state index in [1.165, 1.54) is 0 Å². The molecule has 122 valence electrons. The van der Waals surface area contributed by atoms with Crippen molar-refractivity contribution in [2.24, 2.45) is 5.92 Å². The van der Waals surface area contributed by atoms with Crippen LogP contribution in [0.5, 0.6) is 0 Å². The van der Waals surface area contributed by atoms with Crippen molar-refractivity contribution in [3.63, 3.8) is 0 Å². The average Bonchev–Trinajstić information content (AvgIpc) is 2.53. The molecule has 0 aliphatic carbocycles. The first-order valence-corrected chi connectivity index (χ1v) is 7.36. The number of carboxylic acid groups (broad SMARTS) is 1. The number of halogens is 1. The fraction of sp³-hybridized carbons (Fsp3) is 0.500. The molecule has 1 aromatic carbocycles. The van der Waals surface area contributed by atoms with Crippen LogP contribution >= 0.6 is 12.4 Å². The van der Waals surface area contributed by atoms with Crippen molar-refractivity contribution in [3.8, 4) is 0 Å². The molecule has 0 radical (unpaired) electrons. The van der Waals surface area contributed by atoms with Crippen LogP contribution in [0.2, 0.25) is 0 Å². The minimum absolute atomic E-state index is 0. The number of carbonyl (C=O) groups excluding carboxylic acids is 1. The summed E-state index contributed by atoms with van der Waals surface area (Å²) in [7, 11) is 0.